The van der Waals surface area contributed by atoms with Crippen molar-refractivity contribution in [2.45, 2.75) is 55.8 Å². The van der Waals surface area contributed by atoms with Crippen molar-refractivity contribution >= 4 is 95.0 Å². The van der Waals surface area contributed by atoms with Gasteiger partial charge in [-0.05, 0) is 115 Å². The number of hydrogen-bond acceptors (Lipinski definition) is 20. The monoisotopic (exact) mass is 1350 g/mol. The van der Waals surface area contributed by atoms with Gasteiger partial charge in [-0.2, -0.15) is 18.6 Å². The molecule has 0 bridgehead atoms. The highest BCUT2D eigenvalue weighted by molar-refractivity contribution is 7.86. The number of phenolic OH excluding ortho intramolecular Hbond substituents is 1. The zero-order valence-electron chi connectivity index (χ0n) is 51.0. The second kappa shape index (κ2) is 35.8. The Morgan fingerprint density at radius 2 is 1.17 bits per heavy atom. The summed E-state index contributed by atoms with van der Waals surface area (Å²) in [6.45, 7) is 6.21. The van der Waals surface area contributed by atoms with Crippen molar-refractivity contribution in [1.82, 2.24) is 31.1 Å². The highest BCUT2D eigenvalue weighted by Gasteiger charge is 2.28. The van der Waals surface area contributed by atoms with Gasteiger partial charge in [-0.15, -0.1) is 0 Å². The lowest BCUT2D eigenvalue weighted by atomic mass is 10.0. The van der Waals surface area contributed by atoms with Crippen LogP contribution in [0.2, 0.25) is 10.0 Å². The van der Waals surface area contributed by atoms with E-state index in [0.717, 1.165) is 79.4 Å². The van der Waals surface area contributed by atoms with Crippen LogP contribution >= 0.6 is 23.2 Å². The SMILES string of the molecule is CCO.NCCOc1ccc(C2=NNC(=O)CC2)cc1Cl.O=C1CCC(c2ccc(OCCNCC(O)COc3cccc4[nH]ccc34)c(Cl)c2)=NN1.O=[N+]([O-])c1cccc(S(=O)(=O)OCC2CO2)c1.Oc1cccc2[nH]ccc12.c1cc(OCC2CO2)c2cc[nH]c2c1. The van der Waals surface area contributed by atoms with E-state index in [1.165, 1.54) is 18.2 Å². The van der Waals surface area contributed by atoms with Crippen LogP contribution in [0, 0.1) is 10.1 Å². The molecule has 3 aromatic heterocycles. The number of nitro groups is 1. The van der Waals surface area contributed by atoms with Gasteiger partial charge < -0.3 is 69.7 Å². The van der Waals surface area contributed by atoms with Crippen LogP contribution in [0.1, 0.15) is 43.7 Å². The van der Waals surface area contributed by atoms with Gasteiger partial charge in [0.15, 0.2) is 0 Å². The molecule has 7 heterocycles. The lowest BCUT2D eigenvalue weighted by Crippen LogP contribution is -2.33. The smallest absolute Gasteiger partial charge is 0.297 e. The second-order valence-electron chi connectivity index (χ2n) is 20.8. The molecule has 2 saturated heterocycles. The molecule has 94 heavy (non-hydrogen) atoms. The minimum absolute atomic E-state index is 0.0623. The van der Waals surface area contributed by atoms with Crippen molar-refractivity contribution in [2.24, 2.45) is 15.9 Å². The molecule has 4 aliphatic heterocycles. The van der Waals surface area contributed by atoms with Crippen LogP contribution in [0.4, 0.5) is 5.69 Å². The average molecular weight is 1350 g/mol. The van der Waals surface area contributed by atoms with E-state index in [0.29, 0.717) is 105 Å². The fraction of sp³-hybridized carbons (Fsp3) is 0.292. The molecule has 0 spiro atoms. The molecule has 13 rings (SSSR count). The molecule has 3 atom stereocenters. The second-order valence-corrected chi connectivity index (χ2v) is 23.2. The van der Waals surface area contributed by atoms with Crippen LogP contribution in [-0.2, 0) is 33.4 Å². The lowest BCUT2D eigenvalue weighted by Gasteiger charge is -2.15. The number of benzene rings is 6. The number of halogens is 2. The number of carbonyl (C=O) groups is 2. The highest BCUT2D eigenvalue weighted by atomic mass is 35.5. The van der Waals surface area contributed by atoms with Crippen LogP contribution in [0.3, 0.4) is 0 Å². The summed E-state index contributed by atoms with van der Waals surface area (Å²) in [7, 11) is -3.96. The first-order valence-corrected chi connectivity index (χ1v) is 31.9. The molecule has 2 fully saturated rings. The molecular weight excluding hydrogens is 1280 g/mol. The number of phenols is 1. The Balaban J connectivity index is 0.000000157. The standard InChI is InChI=1S/C23H25ClN4O4.C12H14ClN3O2.C11H11NO2.C9H9NO6S.C8H7NO.C2H6O/c24-18-12-15(19-5-7-23(30)28-27-19)4-6-22(18)31-11-10-25-13-16(29)14-32-21-3-1-2-20-17(21)8-9-26-20;13-9-7-8(1-3-11(9)18-6-5-14)10-2-4-12(17)16-15-10;1-2-10-9(4-5-12-10)11(3-1)14-7-8-6-13-8;11-10(12)7-2-1-3-9(4-7)17(13,14)16-6-8-5-15-8;10-8-3-1-2-7-6(8)4-5-9-7;1-2-3/h1-4,6,8-9,12,16,25-26,29H,5,7,10-11,13-14H2,(H,28,30);1,3,7H,2,4-6,14H2,(H,16,17);1-5,8,12H,6-7H2;1-4,8H,5-6H2;1-5,9-10H;3H,2H2,1H3. The number of fused-ring (bicyclic) bond motifs is 3. The maximum atomic E-state index is 11.6. The number of aliphatic hydroxyl groups excluding tert-OH is 2. The number of carbonyl (C=O) groups excluding carboxylic acids is 2. The molecule has 2 amide bonds. The quantitative estimate of drug-likeness (QED) is 0.00997. The van der Waals surface area contributed by atoms with Gasteiger partial charge in [0, 0.05) is 115 Å². The fourth-order valence-corrected chi connectivity index (χ4v) is 10.3. The van der Waals surface area contributed by atoms with Crippen molar-refractivity contribution in [3.8, 4) is 28.7 Å². The number of epoxide rings is 2. The van der Waals surface area contributed by atoms with Crippen LogP contribution in [0.15, 0.2) is 167 Å². The summed E-state index contributed by atoms with van der Waals surface area (Å²) in [6.07, 6.45) is 7.12. The third-order valence-electron chi connectivity index (χ3n) is 13.7. The summed E-state index contributed by atoms with van der Waals surface area (Å²) in [5.41, 5.74) is 16.4. The number of hydrogen-bond donors (Lipinski definition) is 10. The number of aliphatic hydroxyl groups is 2. The van der Waals surface area contributed by atoms with Crippen molar-refractivity contribution in [1.29, 1.82) is 0 Å². The molecule has 29 heteroatoms. The summed E-state index contributed by atoms with van der Waals surface area (Å²) in [6, 6.07) is 38.6. The average Bonchev–Trinajstić information content (AvgIpc) is 1.56. The van der Waals surface area contributed by atoms with E-state index >= 15 is 0 Å². The first-order chi connectivity index (χ1) is 45.5. The van der Waals surface area contributed by atoms with E-state index in [9.17, 15) is 38.3 Å². The number of aromatic hydroxyl groups is 1. The molecular formula is C65H72Cl2N10O16S. The number of rotatable bonds is 22. The summed E-state index contributed by atoms with van der Waals surface area (Å²) in [5, 5.41) is 52.7. The largest absolute Gasteiger partial charge is 0.507 e. The van der Waals surface area contributed by atoms with Crippen molar-refractivity contribution < 1.29 is 70.9 Å². The predicted molar refractivity (Wildman–Crippen MR) is 356 cm³/mol. The van der Waals surface area contributed by atoms with Crippen LogP contribution in [-0.4, -0.2) is 158 Å². The number of non-ortho nitro benzene ring substituents is 1. The highest BCUT2D eigenvalue weighted by Crippen LogP contribution is 2.30. The van der Waals surface area contributed by atoms with E-state index < -0.39 is 21.1 Å². The number of nitrogens with one attached hydrogen (secondary N) is 6. The zero-order valence-corrected chi connectivity index (χ0v) is 53.3. The van der Waals surface area contributed by atoms with Gasteiger partial charge in [-0.25, -0.2) is 10.9 Å². The molecule has 6 aromatic carbocycles. The van der Waals surface area contributed by atoms with E-state index in [1.54, 1.807) is 37.3 Å². The topological polar surface area (TPSA) is 378 Å². The minimum Gasteiger partial charge on any atom is -0.507 e. The summed E-state index contributed by atoms with van der Waals surface area (Å²) in [5.74, 6) is 3.03. The number of nitro benzene ring substituents is 1. The maximum absolute atomic E-state index is 11.6. The Morgan fingerprint density at radius 3 is 1.67 bits per heavy atom. The summed E-state index contributed by atoms with van der Waals surface area (Å²) >= 11 is 12.4. The van der Waals surface area contributed by atoms with Gasteiger partial charge >= 0.3 is 0 Å². The van der Waals surface area contributed by atoms with Gasteiger partial charge in [0.25, 0.3) is 15.8 Å². The maximum Gasteiger partial charge on any atom is 0.297 e. The number of H-pyrrole nitrogens is 3. The number of aromatic nitrogens is 3. The molecule has 4 aliphatic rings. The number of amides is 2. The van der Waals surface area contributed by atoms with Crippen LogP contribution in [0.5, 0.6) is 28.7 Å². The summed E-state index contributed by atoms with van der Waals surface area (Å²) < 4.78 is 60.4. The predicted octanol–water partition coefficient (Wildman–Crippen LogP) is 8.65. The van der Waals surface area contributed by atoms with Crippen molar-refractivity contribution in [2.75, 3.05) is 72.5 Å². The lowest BCUT2D eigenvalue weighted by molar-refractivity contribution is -0.385. The number of aromatic amines is 3. The van der Waals surface area contributed by atoms with Crippen molar-refractivity contribution in [3.05, 3.63) is 183 Å². The Kier molecular flexibility index (Phi) is 26.9. The molecule has 11 N–H and O–H groups in total. The fourth-order valence-electron chi connectivity index (χ4n) is 8.81. The number of nitrogens with two attached hydrogens (primary N) is 1. The third-order valence-corrected chi connectivity index (χ3v) is 15.6. The van der Waals surface area contributed by atoms with Crippen LogP contribution < -0.4 is 40.8 Å². The molecule has 26 nitrogen and oxygen atoms in total. The van der Waals surface area contributed by atoms with E-state index in [4.69, 9.17) is 66.6 Å². The Hall–Kier alpha value is -9.13. The van der Waals surface area contributed by atoms with Gasteiger partial charge in [0.1, 0.15) is 78.4 Å². The number of nitrogens with zero attached hydrogens (tertiary/aromatic N) is 3. The van der Waals surface area contributed by atoms with E-state index in [2.05, 4.69) is 41.3 Å². The summed E-state index contributed by atoms with van der Waals surface area (Å²) in [4.78, 5) is 41.1. The van der Waals surface area contributed by atoms with E-state index in [1.807, 2.05) is 97.5 Å². The molecule has 9 aromatic rings. The Bertz CT molecular complexity index is 4140. The minimum atomic E-state index is -3.96. The number of ether oxygens (including phenoxy) is 6. The van der Waals surface area contributed by atoms with Gasteiger partial charge in [0.05, 0.1) is 46.2 Å². The molecule has 0 saturated carbocycles. The van der Waals surface area contributed by atoms with Gasteiger partial charge in [-0.1, -0.05) is 47.5 Å². The zero-order chi connectivity index (χ0) is 66.8. The normalized spacial score (nSPS) is 15.6. The van der Waals surface area contributed by atoms with Crippen molar-refractivity contribution in [3.63, 3.8) is 0 Å². The molecule has 498 valence electrons. The molecule has 0 radical (unpaired) electrons. The Morgan fingerprint density at radius 1 is 0.670 bits per heavy atom. The number of hydrazone groups is 2. The third kappa shape index (κ3) is 22.0. The van der Waals surface area contributed by atoms with Crippen LogP contribution in [0.25, 0.3) is 32.7 Å². The molecule has 0 aliphatic carbocycles. The van der Waals surface area contributed by atoms with Gasteiger partial charge in [0.2, 0.25) is 11.8 Å². The Labute approximate surface area is 550 Å². The van der Waals surface area contributed by atoms with Gasteiger partial charge in [-0.3, -0.25) is 23.9 Å². The van der Waals surface area contributed by atoms with E-state index in [-0.39, 0.29) is 48.3 Å². The first-order valence-electron chi connectivity index (χ1n) is 29.8. The molecule has 3 unspecified atom stereocenters. The first kappa shape index (κ1) is 70.7.